The number of nitrogens with one attached hydrogen (secondary N) is 2. The molecule has 0 aliphatic carbocycles. The maximum atomic E-state index is 13.9. The number of esters is 1. The summed E-state index contributed by atoms with van der Waals surface area (Å²) < 4.78 is 19.0. The SMILES string of the molecule is CCOC(=O)/C(C)=C/[C@H](C(C)C)N(C)C(=O)[C@@H](NC(=O)C(NC)C(C)(C)c1cccc(F)c1)C(C)(C)C. The van der Waals surface area contributed by atoms with E-state index in [1.165, 1.54) is 12.1 Å². The number of hydrogen-bond donors (Lipinski definition) is 2. The lowest BCUT2D eigenvalue weighted by Crippen LogP contribution is -2.61. The minimum atomic E-state index is -0.846. The highest BCUT2D eigenvalue weighted by atomic mass is 19.1. The molecule has 2 N–H and O–H groups in total. The van der Waals surface area contributed by atoms with Crippen LogP contribution in [0.2, 0.25) is 0 Å². The minimum Gasteiger partial charge on any atom is -0.463 e. The van der Waals surface area contributed by atoms with Gasteiger partial charge in [-0.2, -0.15) is 0 Å². The van der Waals surface area contributed by atoms with Crippen LogP contribution in [0.1, 0.15) is 67.9 Å². The summed E-state index contributed by atoms with van der Waals surface area (Å²) in [5, 5.41) is 6.03. The zero-order valence-electron chi connectivity index (χ0n) is 24.4. The predicted molar refractivity (Wildman–Crippen MR) is 145 cm³/mol. The van der Waals surface area contributed by atoms with Crippen molar-refractivity contribution in [2.24, 2.45) is 11.3 Å². The average Bonchev–Trinajstić information content (AvgIpc) is 2.79. The molecule has 208 valence electrons. The van der Waals surface area contributed by atoms with Gasteiger partial charge in [-0.3, -0.25) is 9.59 Å². The molecule has 3 atom stereocenters. The van der Waals surface area contributed by atoms with Crippen LogP contribution in [0, 0.1) is 17.2 Å². The molecule has 0 radical (unpaired) electrons. The largest absolute Gasteiger partial charge is 0.463 e. The van der Waals surface area contributed by atoms with Crippen molar-refractivity contribution >= 4 is 17.8 Å². The van der Waals surface area contributed by atoms with Crippen LogP contribution < -0.4 is 10.6 Å². The van der Waals surface area contributed by atoms with Crippen molar-refractivity contribution in [3.05, 3.63) is 47.3 Å². The van der Waals surface area contributed by atoms with Crippen LogP contribution in [0.15, 0.2) is 35.9 Å². The van der Waals surface area contributed by atoms with Crippen molar-refractivity contribution < 1.29 is 23.5 Å². The Balaban J connectivity index is 3.31. The van der Waals surface area contributed by atoms with E-state index in [9.17, 15) is 18.8 Å². The molecule has 0 fully saturated rings. The van der Waals surface area contributed by atoms with Crippen molar-refractivity contribution in [2.45, 2.75) is 85.9 Å². The van der Waals surface area contributed by atoms with Gasteiger partial charge in [-0.25, -0.2) is 9.18 Å². The first-order chi connectivity index (χ1) is 17.0. The number of amides is 2. The van der Waals surface area contributed by atoms with Gasteiger partial charge in [0.05, 0.1) is 18.7 Å². The predicted octanol–water partition coefficient (Wildman–Crippen LogP) is 4.21. The monoisotopic (exact) mass is 519 g/mol. The molecular formula is C29H46FN3O4. The third-order valence-electron chi connectivity index (χ3n) is 6.74. The Labute approximate surface area is 222 Å². The number of nitrogens with zero attached hydrogens (tertiary/aromatic N) is 1. The number of carbonyl (C=O) groups excluding carboxylic acids is 3. The van der Waals surface area contributed by atoms with Gasteiger partial charge in [-0.15, -0.1) is 0 Å². The molecule has 2 amide bonds. The van der Waals surface area contributed by atoms with Gasteiger partial charge in [-0.1, -0.05) is 66.7 Å². The maximum Gasteiger partial charge on any atom is 0.333 e. The van der Waals surface area contributed by atoms with Gasteiger partial charge in [0.2, 0.25) is 11.8 Å². The molecule has 0 bridgehead atoms. The number of carbonyl (C=O) groups is 3. The molecule has 37 heavy (non-hydrogen) atoms. The topological polar surface area (TPSA) is 87.7 Å². The number of halogens is 1. The summed E-state index contributed by atoms with van der Waals surface area (Å²) in [6.45, 7) is 17.0. The summed E-state index contributed by atoms with van der Waals surface area (Å²) in [7, 11) is 3.35. The van der Waals surface area contributed by atoms with E-state index in [-0.39, 0.29) is 36.2 Å². The van der Waals surface area contributed by atoms with Gasteiger partial charge in [-0.05, 0) is 49.9 Å². The number of hydrogen-bond acceptors (Lipinski definition) is 5. The highest BCUT2D eigenvalue weighted by molar-refractivity contribution is 5.92. The molecule has 0 heterocycles. The second kappa shape index (κ2) is 13.2. The molecule has 7 nitrogen and oxygen atoms in total. The van der Waals surface area contributed by atoms with Crippen LogP contribution in [0.3, 0.4) is 0 Å². The first kappa shape index (κ1) is 32.3. The summed E-state index contributed by atoms with van der Waals surface area (Å²) in [6.07, 6.45) is 1.74. The van der Waals surface area contributed by atoms with Crippen molar-refractivity contribution in [3.63, 3.8) is 0 Å². The quantitative estimate of drug-likeness (QED) is 0.338. The lowest BCUT2D eigenvalue weighted by Gasteiger charge is -2.40. The van der Waals surface area contributed by atoms with Gasteiger partial charge in [0.1, 0.15) is 11.9 Å². The molecule has 1 aromatic carbocycles. The van der Waals surface area contributed by atoms with E-state index in [1.807, 2.05) is 48.5 Å². The third-order valence-corrected chi connectivity index (χ3v) is 6.74. The maximum absolute atomic E-state index is 13.9. The van der Waals surface area contributed by atoms with Gasteiger partial charge in [0.25, 0.3) is 0 Å². The Morgan fingerprint density at radius 1 is 1.11 bits per heavy atom. The first-order valence-electron chi connectivity index (χ1n) is 12.8. The molecule has 0 aliphatic rings. The first-order valence-corrected chi connectivity index (χ1v) is 12.8. The minimum absolute atomic E-state index is 0.00612. The number of benzene rings is 1. The highest BCUT2D eigenvalue weighted by Gasteiger charge is 2.41. The van der Waals surface area contributed by atoms with Crippen molar-refractivity contribution in [1.82, 2.24) is 15.5 Å². The molecule has 0 saturated heterocycles. The highest BCUT2D eigenvalue weighted by Crippen LogP contribution is 2.29. The summed E-state index contributed by atoms with van der Waals surface area (Å²) in [5.74, 6) is -1.43. The van der Waals surface area contributed by atoms with Crippen LogP contribution in [0.5, 0.6) is 0 Å². The summed E-state index contributed by atoms with van der Waals surface area (Å²) in [4.78, 5) is 41.2. The molecule has 8 heteroatoms. The van der Waals surface area contributed by atoms with E-state index in [0.717, 1.165) is 0 Å². The molecule has 0 aliphatic heterocycles. The lowest BCUT2D eigenvalue weighted by molar-refractivity contribution is -0.141. The fraction of sp³-hybridized carbons (Fsp3) is 0.621. The molecule has 0 aromatic heterocycles. The lowest BCUT2D eigenvalue weighted by atomic mass is 9.76. The van der Waals surface area contributed by atoms with Crippen LogP contribution in [-0.2, 0) is 24.5 Å². The number of likely N-dealkylation sites (N-methyl/N-ethyl adjacent to an activating group) is 2. The van der Waals surface area contributed by atoms with E-state index >= 15 is 0 Å². The molecular weight excluding hydrogens is 473 g/mol. The van der Waals surface area contributed by atoms with Crippen molar-refractivity contribution in [3.8, 4) is 0 Å². The van der Waals surface area contributed by atoms with Gasteiger partial charge >= 0.3 is 5.97 Å². The van der Waals surface area contributed by atoms with E-state index in [4.69, 9.17) is 4.74 Å². The standard InChI is InChI=1S/C29H46FN3O4/c1-12-37-27(36)19(4)16-22(18(2)3)33(11)26(35)24(28(5,6)7)32-25(34)23(31-10)29(8,9)20-14-13-15-21(30)17-20/h13-18,22-24,31H,12H2,1-11H3,(H,32,34)/b19-16+/t22-,23?,24-/m1/s1. The van der Waals surface area contributed by atoms with E-state index < -0.39 is 28.9 Å². The zero-order chi connectivity index (χ0) is 28.7. The van der Waals surface area contributed by atoms with Gasteiger partial charge in [0, 0.05) is 18.0 Å². The van der Waals surface area contributed by atoms with E-state index in [2.05, 4.69) is 10.6 Å². The molecule has 1 unspecified atom stereocenters. The van der Waals surface area contributed by atoms with Crippen LogP contribution in [0.25, 0.3) is 0 Å². The average molecular weight is 520 g/mol. The normalized spacial score (nSPS) is 15.1. The van der Waals surface area contributed by atoms with Gasteiger partial charge < -0.3 is 20.3 Å². The van der Waals surface area contributed by atoms with Crippen LogP contribution in [-0.4, -0.2) is 61.5 Å². The Bertz CT molecular complexity index is 982. The second-order valence-corrected chi connectivity index (χ2v) is 11.5. The Kier molecular flexibility index (Phi) is 11.5. The van der Waals surface area contributed by atoms with Gasteiger partial charge in [0.15, 0.2) is 0 Å². The Morgan fingerprint density at radius 3 is 2.16 bits per heavy atom. The fourth-order valence-corrected chi connectivity index (χ4v) is 4.42. The van der Waals surface area contributed by atoms with Crippen LogP contribution in [0.4, 0.5) is 4.39 Å². The van der Waals surface area contributed by atoms with E-state index in [1.54, 1.807) is 51.1 Å². The summed E-state index contributed by atoms with van der Waals surface area (Å²) >= 11 is 0. The number of ether oxygens (including phenoxy) is 1. The smallest absolute Gasteiger partial charge is 0.333 e. The molecule has 1 aromatic rings. The summed E-state index contributed by atoms with van der Waals surface area (Å²) in [6, 6.07) is 4.22. The third kappa shape index (κ3) is 8.38. The van der Waals surface area contributed by atoms with Crippen LogP contribution >= 0.6 is 0 Å². The molecule has 0 spiro atoms. The Hall–Kier alpha value is -2.74. The summed E-state index contributed by atoms with van der Waals surface area (Å²) in [5.41, 5.74) is -0.289. The molecule has 0 saturated carbocycles. The zero-order valence-corrected chi connectivity index (χ0v) is 24.4. The second-order valence-electron chi connectivity index (χ2n) is 11.5. The Morgan fingerprint density at radius 2 is 1.70 bits per heavy atom. The molecule has 1 rings (SSSR count). The fourth-order valence-electron chi connectivity index (χ4n) is 4.42. The van der Waals surface area contributed by atoms with E-state index in [0.29, 0.717) is 11.1 Å². The van der Waals surface area contributed by atoms with Crippen molar-refractivity contribution in [1.29, 1.82) is 0 Å². The van der Waals surface area contributed by atoms with Crippen molar-refractivity contribution in [2.75, 3.05) is 20.7 Å². The number of rotatable bonds is 11.